The molecule has 0 atom stereocenters. The van der Waals surface area contributed by atoms with Gasteiger partial charge in [0, 0.05) is 5.56 Å². The molecule has 0 aliphatic carbocycles. The van der Waals surface area contributed by atoms with Crippen LogP contribution in [0, 0.1) is 0 Å². The van der Waals surface area contributed by atoms with E-state index < -0.39 is 5.97 Å². The summed E-state index contributed by atoms with van der Waals surface area (Å²) in [6, 6.07) is 8.64. The standard InChI is InChI=1S/C18H21NO4S/c1-3-5-10-23-14-8-6-7-13(12-14)16(20)19-17-15(9-11-24-17)18(21)22-4-2/h6-9,11-12H,3-5,10H2,1-2H3,(H,19,20). The molecule has 128 valence electrons. The zero-order valence-electron chi connectivity index (χ0n) is 13.8. The lowest BCUT2D eigenvalue weighted by atomic mass is 10.2. The topological polar surface area (TPSA) is 64.6 Å². The summed E-state index contributed by atoms with van der Waals surface area (Å²) in [6.45, 7) is 4.75. The van der Waals surface area contributed by atoms with Crippen molar-refractivity contribution >= 4 is 28.2 Å². The molecule has 1 N–H and O–H groups in total. The normalized spacial score (nSPS) is 10.2. The summed E-state index contributed by atoms with van der Waals surface area (Å²) in [7, 11) is 0. The van der Waals surface area contributed by atoms with Crippen molar-refractivity contribution in [2.24, 2.45) is 0 Å². The van der Waals surface area contributed by atoms with Crippen LogP contribution in [0.5, 0.6) is 5.75 Å². The molecule has 0 fully saturated rings. The summed E-state index contributed by atoms with van der Waals surface area (Å²) in [5.41, 5.74) is 0.845. The van der Waals surface area contributed by atoms with E-state index in [0.717, 1.165) is 12.8 Å². The van der Waals surface area contributed by atoms with Crippen LogP contribution in [0.4, 0.5) is 5.00 Å². The summed E-state index contributed by atoms with van der Waals surface area (Å²) in [6.07, 6.45) is 2.02. The van der Waals surface area contributed by atoms with Gasteiger partial charge in [-0.25, -0.2) is 4.79 Å². The Hall–Kier alpha value is -2.34. The number of thiophene rings is 1. The quantitative estimate of drug-likeness (QED) is 0.569. The fourth-order valence-electron chi connectivity index (χ4n) is 2.01. The zero-order chi connectivity index (χ0) is 17.4. The van der Waals surface area contributed by atoms with E-state index in [4.69, 9.17) is 9.47 Å². The van der Waals surface area contributed by atoms with E-state index in [-0.39, 0.29) is 5.91 Å². The van der Waals surface area contributed by atoms with E-state index in [1.807, 2.05) is 6.07 Å². The Labute approximate surface area is 145 Å². The minimum Gasteiger partial charge on any atom is -0.494 e. The smallest absolute Gasteiger partial charge is 0.341 e. The first-order chi connectivity index (χ1) is 11.7. The molecule has 0 unspecified atom stereocenters. The van der Waals surface area contributed by atoms with Gasteiger partial charge in [-0.2, -0.15) is 0 Å². The van der Waals surface area contributed by atoms with Crippen LogP contribution in [0.1, 0.15) is 47.4 Å². The number of ether oxygens (including phenoxy) is 2. The first-order valence-electron chi connectivity index (χ1n) is 7.94. The minimum absolute atomic E-state index is 0.288. The lowest BCUT2D eigenvalue weighted by Gasteiger charge is -2.09. The molecule has 0 spiro atoms. The SMILES string of the molecule is CCCCOc1cccc(C(=O)Nc2sccc2C(=O)OCC)c1. The third-order valence-electron chi connectivity index (χ3n) is 3.25. The third-order valence-corrected chi connectivity index (χ3v) is 4.08. The molecule has 2 rings (SSSR count). The number of rotatable bonds is 8. The highest BCUT2D eigenvalue weighted by Gasteiger charge is 2.17. The number of carbonyl (C=O) groups is 2. The van der Waals surface area contributed by atoms with E-state index in [2.05, 4.69) is 12.2 Å². The van der Waals surface area contributed by atoms with Crippen LogP contribution in [0.25, 0.3) is 0 Å². The number of amides is 1. The zero-order valence-corrected chi connectivity index (χ0v) is 14.7. The van der Waals surface area contributed by atoms with Crippen molar-refractivity contribution in [2.75, 3.05) is 18.5 Å². The Balaban J connectivity index is 2.06. The van der Waals surface area contributed by atoms with Crippen molar-refractivity contribution in [1.29, 1.82) is 0 Å². The van der Waals surface area contributed by atoms with Crippen LogP contribution in [0.2, 0.25) is 0 Å². The molecule has 0 aliphatic heterocycles. The summed E-state index contributed by atoms with van der Waals surface area (Å²) in [5, 5.41) is 4.99. The fraction of sp³-hybridized carbons (Fsp3) is 0.333. The van der Waals surface area contributed by atoms with Crippen LogP contribution < -0.4 is 10.1 Å². The number of benzene rings is 1. The van der Waals surface area contributed by atoms with E-state index >= 15 is 0 Å². The molecule has 0 bridgehead atoms. The number of anilines is 1. The summed E-state index contributed by atoms with van der Waals surface area (Å²) < 4.78 is 10.6. The van der Waals surface area contributed by atoms with Crippen LogP contribution in [-0.2, 0) is 4.74 Å². The van der Waals surface area contributed by atoms with Gasteiger partial charge in [0.05, 0.1) is 18.8 Å². The maximum absolute atomic E-state index is 12.4. The second-order valence-corrected chi connectivity index (χ2v) is 5.98. The molecule has 1 aromatic heterocycles. The highest BCUT2D eigenvalue weighted by atomic mass is 32.1. The molecule has 0 radical (unpaired) electrons. The van der Waals surface area contributed by atoms with Crippen LogP contribution in [-0.4, -0.2) is 25.1 Å². The lowest BCUT2D eigenvalue weighted by Crippen LogP contribution is -2.14. The van der Waals surface area contributed by atoms with Gasteiger partial charge in [-0.05, 0) is 43.0 Å². The van der Waals surface area contributed by atoms with Gasteiger partial charge in [-0.15, -0.1) is 11.3 Å². The molecule has 0 aliphatic rings. The summed E-state index contributed by atoms with van der Waals surface area (Å²) in [4.78, 5) is 24.3. The van der Waals surface area contributed by atoms with Gasteiger partial charge in [0.2, 0.25) is 0 Å². The van der Waals surface area contributed by atoms with Crippen LogP contribution in [0.15, 0.2) is 35.7 Å². The van der Waals surface area contributed by atoms with E-state index in [1.165, 1.54) is 11.3 Å². The first kappa shape index (κ1) is 18.0. The number of carbonyl (C=O) groups excluding carboxylic acids is 2. The van der Waals surface area contributed by atoms with Crippen LogP contribution in [0.3, 0.4) is 0 Å². The van der Waals surface area contributed by atoms with Gasteiger partial charge >= 0.3 is 5.97 Å². The van der Waals surface area contributed by atoms with Gasteiger partial charge in [0.15, 0.2) is 0 Å². The molecule has 1 aromatic carbocycles. The minimum atomic E-state index is -0.439. The molecule has 0 saturated heterocycles. The fourth-order valence-corrected chi connectivity index (χ4v) is 2.78. The van der Waals surface area contributed by atoms with Gasteiger partial charge in [0.1, 0.15) is 10.8 Å². The number of unbranched alkanes of at least 4 members (excludes halogenated alkanes) is 1. The number of hydrogen-bond acceptors (Lipinski definition) is 5. The maximum Gasteiger partial charge on any atom is 0.341 e. The van der Waals surface area contributed by atoms with Crippen molar-refractivity contribution in [3.8, 4) is 5.75 Å². The monoisotopic (exact) mass is 347 g/mol. The highest BCUT2D eigenvalue weighted by molar-refractivity contribution is 7.14. The largest absolute Gasteiger partial charge is 0.494 e. The molecule has 6 heteroatoms. The van der Waals surface area contributed by atoms with Gasteiger partial charge in [-0.3, -0.25) is 4.79 Å². The van der Waals surface area contributed by atoms with Gasteiger partial charge < -0.3 is 14.8 Å². The molecule has 0 saturated carbocycles. The molecule has 5 nitrogen and oxygen atoms in total. The van der Waals surface area contributed by atoms with Crippen molar-refractivity contribution in [2.45, 2.75) is 26.7 Å². The average Bonchev–Trinajstić information content (AvgIpc) is 3.04. The Morgan fingerprint density at radius 1 is 1.21 bits per heavy atom. The number of nitrogens with one attached hydrogen (secondary N) is 1. The molecule has 1 heterocycles. The predicted molar refractivity (Wildman–Crippen MR) is 95.1 cm³/mol. The van der Waals surface area contributed by atoms with Crippen molar-refractivity contribution < 1.29 is 19.1 Å². The Kier molecular flexibility index (Phi) is 6.81. The number of esters is 1. The maximum atomic E-state index is 12.4. The second-order valence-electron chi connectivity index (χ2n) is 5.07. The summed E-state index contributed by atoms with van der Waals surface area (Å²) in [5.74, 6) is -0.0671. The van der Waals surface area contributed by atoms with Crippen molar-refractivity contribution in [3.63, 3.8) is 0 Å². The second kappa shape index (κ2) is 9.08. The average molecular weight is 347 g/mol. The Bertz CT molecular complexity index is 696. The van der Waals surface area contributed by atoms with Gasteiger partial charge in [0.25, 0.3) is 5.91 Å². The van der Waals surface area contributed by atoms with E-state index in [0.29, 0.717) is 35.1 Å². The van der Waals surface area contributed by atoms with E-state index in [1.54, 1.807) is 36.6 Å². The lowest BCUT2D eigenvalue weighted by molar-refractivity contribution is 0.0528. The Morgan fingerprint density at radius 2 is 2.04 bits per heavy atom. The van der Waals surface area contributed by atoms with E-state index in [9.17, 15) is 9.59 Å². The molecule has 2 aromatic rings. The van der Waals surface area contributed by atoms with Crippen molar-refractivity contribution in [1.82, 2.24) is 0 Å². The Morgan fingerprint density at radius 3 is 2.79 bits per heavy atom. The third kappa shape index (κ3) is 4.83. The molecular formula is C18H21NO4S. The van der Waals surface area contributed by atoms with Crippen molar-refractivity contribution in [3.05, 3.63) is 46.8 Å². The predicted octanol–water partition coefficient (Wildman–Crippen LogP) is 4.36. The first-order valence-corrected chi connectivity index (χ1v) is 8.82. The van der Waals surface area contributed by atoms with Gasteiger partial charge in [-0.1, -0.05) is 19.4 Å². The molecule has 24 heavy (non-hydrogen) atoms. The molecule has 1 amide bonds. The summed E-state index contributed by atoms with van der Waals surface area (Å²) >= 11 is 1.28. The highest BCUT2D eigenvalue weighted by Crippen LogP contribution is 2.25. The van der Waals surface area contributed by atoms with Crippen LogP contribution >= 0.6 is 11.3 Å². The number of hydrogen-bond donors (Lipinski definition) is 1. The molecular weight excluding hydrogens is 326 g/mol.